The Morgan fingerprint density at radius 1 is 1.00 bits per heavy atom. The van der Waals surface area contributed by atoms with Crippen LogP contribution in [-0.2, 0) is 11.2 Å². The fourth-order valence-corrected chi connectivity index (χ4v) is 5.18. The van der Waals surface area contributed by atoms with E-state index in [9.17, 15) is 14.0 Å². The summed E-state index contributed by atoms with van der Waals surface area (Å²) in [6, 6.07) is 9.80. The number of piperidine rings is 1. The van der Waals surface area contributed by atoms with Gasteiger partial charge >= 0.3 is 6.09 Å². The summed E-state index contributed by atoms with van der Waals surface area (Å²) in [7, 11) is 0. The molecule has 1 atom stereocenters. The first kappa shape index (κ1) is 21.9. The summed E-state index contributed by atoms with van der Waals surface area (Å²) in [5, 5.41) is 10.1. The van der Waals surface area contributed by atoms with Crippen LogP contribution in [0.1, 0.15) is 24.8 Å². The minimum atomic E-state index is -0.905. The molecular weight excluding hydrogens is 442 g/mol. The topological polar surface area (TPSA) is 60.9 Å². The summed E-state index contributed by atoms with van der Waals surface area (Å²) in [6.07, 6.45) is 1.61. The van der Waals surface area contributed by atoms with Crippen molar-refractivity contribution in [1.82, 2.24) is 9.80 Å². The Balaban J connectivity index is 1.44. The molecule has 2 fully saturated rings. The second-order valence-electron chi connectivity index (χ2n) is 8.15. The highest BCUT2D eigenvalue weighted by Gasteiger charge is 2.38. The Labute approximate surface area is 190 Å². The van der Waals surface area contributed by atoms with E-state index in [2.05, 4.69) is 0 Å². The molecule has 4 rings (SSSR count). The lowest BCUT2D eigenvalue weighted by atomic mass is 9.95. The molecule has 0 bridgehead atoms. The van der Waals surface area contributed by atoms with Gasteiger partial charge in [-0.25, -0.2) is 9.18 Å². The lowest BCUT2D eigenvalue weighted by Crippen LogP contribution is -2.47. The number of rotatable bonds is 4. The van der Waals surface area contributed by atoms with Crippen LogP contribution in [0.3, 0.4) is 0 Å². The van der Waals surface area contributed by atoms with Crippen molar-refractivity contribution < 1.29 is 19.1 Å². The van der Waals surface area contributed by atoms with E-state index in [1.807, 2.05) is 4.90 Å². The monoisotopic (exact) mass is 464 g/mol. The minimum Gasteiger partial charge on any atom is -0.465 e. The van der Waals surface area contributed by atoms with Crippen molar-refractivity contribution in [1.29, 1.82) is 0 Å². The van der Waals surface area contributed by atoms with Gasteiger partial charge in [-0.3, -0.25) is 4.79 Å². The highest BCUT2D eigenvalue weighted by Crippen LogP contribution is 2.36. The van der Waals surface area contributed by atoms with E-state index in [4.69, 9.17) is 28.3 Å². The van der Waals surface area contributed by atoms with Gasteiger partial charge in [-0.15, -0.1) is 0 Å². The Hall–Kier alpha value is -2.31. The maximum Gasteiger partial charge on any atom is 0.407 e. The van der Waals surface area contributed by atoms with E-state index in [0.717, 1.165) is 23.1 Å². The Kier molecular flexibility index (Phi) is 6.39. The van der Waals surface area contributed by atoms with E-state index in [-0.39, 0.29) is 23.7 Å². The fourth-order valence-electron chi connectivity index (χ4n) is 4.54. The molecule has 2 aromatic rings. The molecule has 164 valence electrons. The van der Waals surface area contributed by atoms with Crippen LogP contribution in [-0.4, -0.2) is 52.6 Å². The molecule has 2 aliphatic rings. The highest BCUT2D eigenvalue weighted by molar-refractivity contribution is 6.36. The zero-order valence-corrected chi connectivity index (χ0v) is 18.4. The van der Waals surface area contributed by atoms with Gasteiger partial charge in [-0.05, 0) is 66.6 Å². The molecule has 1 unspecified atom stereocenters. The van der Waals surface area contributed by atoms with Crippen molar-refractivity contribution >= 4 is 35.2 Å². The van der Waals surface area contributed by atoms with E-state index in [1.165, 1.54) is 17.0 Å². The molecule has 5 nitrogen and oxygen atoms in total. The molecule has 8 heteroatoms. The first-order chi connectivity index (χ1) is 14.8. The van der Waals surface area contributed by atoms with Crippen LogP contribution in [0.25, 0.3) is 11.1 Å². The smallest absolute Gasteiger partial charge is 0.407 e. The number of nitrogens with zero attached hydrogens (tertiary/aromatic N) is 2. The van der Waals surface area contributed by atoms with Crippen LogP contribution < -0.4 is 0 Å². The Morgan fingerprint density at radius 2 is 1.61 bits per heavy atom. The third-order valence-corrected chi connectivity index (χ3v) is 6.97. The normalized spacial score (nSPS) is 19.8. The van der Waals surface area contributed by atoms with Gasteiger partial charge in [0.2, 0.25) is 5.91 Å². The van der Waals surface area contributed by atoms with Gasteiger partial charge in [-0.1, -0.05) is 35.3 Å². The molecule has 0 radical (unpaired) electrons. The summed E-state index contributed by atoms with van der Waals surface area (Å²) in [6.45, 7) is 1.58. The van der Waals surface area contributed by atoms with Crippen molar-refractivity contribution in [3.05, 3.63) is 57.8 Å². The average molecular weight is 465 g/mol. The molecule has 2 heterocycles. The first-order valence-electron chi connectivity index (χ1n) is 10.4. The van der Waals surface area contributed by atoms with E-state index in [1.54, 1.807) is 24.3 Å². The number of benzene rings is 2. The molecule has 2 aliphatic heterocycles. The van der Waals surface area contributed by atoms with Crippen LogP contribution in [0.4, 0.5) is 9.18 Å². The molecule has 0 aliphatic carbocycles. The quantitative estimate of drug-likeness (QED) is 0.664. The minimum absolute atomic E-state index is 0.0832. The van der Waals surface area contributed by atoms with Crippen LogP contribution in [0, 0.1) is 11.7 Å². The van der Waals surface area contributed by atoms with Crippen LogP contribution in [0.5, 0.6) is 0 Å². The number of halogens is 3. The molecule has 2 aromatic carbocycles. The Bertz CT molecular complexity index is 968. The SMILES string of the molecule is O=C(O)N1CCC(N2CCC(Cc3c(Cl)cc(-c4ccc(F)cc4)cc3Cl)C2=O)CC1. The predicted octanol–water partition coefficient (Wildman–Crippen LogP) is 5.33. The first-order valence-corrected chi connectivity index (χ1v) is 11.1. The van der Waals surface area contributed by atoms with E-state index in [0.29, 0.717) is 48.9 Å². The second kappa shape index (κ2) is 9.05. The molecular formula is C23H23Cl2FN2O3. The number of hydrogen-bond acceptors (Lipinski definition) is 2. The Morgan fingerprint density at radius 3 is 2.19 bits per heavy atom. The van der Waals surface area contributed by atoms with Crippen LogP contribution in [0.2, 0.25) is 10.0 Å². The van der Waals surface area contributed by atoms with Crippen molar-refractivity contribution in [3.8, 4) is 11.1 Å². The molecule has 2 saturated heterocycles. The second-order valence-corrected chi connectivity index (χ2v) is 8.96. The summed E-state index contributed by atoms with van der Waals surface area (Å²) >= 11 is 13.1. The van der Waals surface area contributed by atoms with Gasteiger partial charge in [0.1, 0.15) is 5.82 Å². The number of hydrogen-bond donors (Lipinski definition) is 1. The van der Waals surface area contributed by atoms with Gasteiger partial charge in [0, 0.05) is 41.6 Å². The zero-order valence-electron chi connectivity index (χ0n) is 16.9. The average Bonchev–Trinajstić information content (AvgIpc) is 3.11. The number of carbonyl (C=O) groups excluding carboxylic acids is 1. The molecule has 0 spiro atoms. The van der Waals surface area contributed by atoms with Crippen molar-refractivity contribution in [2.45, 2.75) is 31.7 Å². The molecule has 31 heavy (non-hydrogen) atoms. The van der Waals surface area contributed by atoms with Gasteiger partial charge in [0.15, 0.2) is 0 Å². The van der Waals surface area contributed by atoms with E-state index >= 15 is 0 Å². The van der Waals surface area contributed by atoms with E-state index < -0.39 is 6.09 Å². The van der Waals surface area contributed by atoms with Crippen LogP contribution in [0.15, 0.2) is 36.4 Å². The molecule has 0 saturated carbocycles. The number of carbonyl (C=O) groups is 2. The summed E-state index contributed by atoms with van der Waals surface area (Å²) in [5.74, 6) is -0.414. The maximum absolute atomic E-state index is 13.2. The molecule has 2 amide bonds. The fraction of sp³-hybridized carbons (Fsp3) is 0.391. The predicted molar refractivity (Wildman–Crippen MR) is 118 cm³/mol. The molecule has 1 N–H and O–H groups in total. The van der Waals surface area contributed by atoms with Crippen molar-refractivity contribution in [3.63, 3.8) is 0 Å². The highest BCUT2D eigenvalue weighted by atomic mass is 35.5. The molecule has 0 aromatic heterocycles. The van der Waals surface area contributed by atoms with Gasteiger partial charge < -0.3 is 14.9 Å². The van der Waals surface area contributed by atoms with Gasteiger partial charge in [0.25, 0.3) is 0 Å². The van der Waals surface area contributed by atoms with Crippen molar-refractivity contribution in [2.75, 3.05) is 19.6 Å². The van der Waals surface area contributed by atoms with Crippen molar-refractivity contribution in [2.24, 2.45) is 5.92 Å². The third-order valence-electron chi connectivity index (χ3n) is 6.30. The summed E-state index contributed by atoms with van der Waals surface area (Å²) in [5.41, 5.74) is 2.35. The largest absolute Gasteiger partial charge is 0.465 e. The number of likely N-dealkylation sites (tertiary alicyclic amines) is 2. The zero-order chi connectivity index (χ0) is 22.1. The summed E-state index contributed by atoms with van der Waals surface area (Å²) < 4.78 is 13.2. The lowest BCUT2D eigenvalue weighted by Gasteiger charge is -2.35. The number of amides is 2. The number of carboxylic acid groups (broad SMARTS) is 1. The standard InChI is InChI=1S/C23H23Cl2FN2O3/c24-20-12-16(14-1-3-17(26)4-2-14)13-21(25)19(20)11-15-5-10-28(22(15)29)18-6-8-27(9-7-18)23(30)31/h1-4,12-13,15,18H,5-11H2,(H,30,31). The maximum atomic E-state index is 13.2. The summed E-state index contributed by atoms with van der Waals surface area (Å²) in [4.78, 5) is 27.4. The lowest BCUT2D eigenvalue weighted by molar-refractivity contribution is -0.133. The van der Waals surface area contributed by atoms with Crippen LogP contribution >= 0.6 is 23.2 Å². The third kappa shape index (κ3) is 4.65. The van der Waals surface area contributed by atoms with Gasteiger partial charge in [0.05, 0.1) is 0 Å². The van der Waals surface area contributed by atoms with Gasteiger partial charge in [-0.2, -0.15) is 0 Å².